The number of amides is 2. The van der Waals surface area contributed by atoms with Gasteiger partial charge in [0.2, 0.25) is 17.0 Å². The van der Waals surface area contributed by atoms with Gasteiger partial charge in [0.25, 0.3) is 0 Å². The van der Waals surface area contributed by atoms with E-state index >= 15 is 0 Å². The Kier molecular flexibility index (Phi) is 6.38. The van der Waals surface area contributed by atoms with Crippen LogP contribution in [0.4, 0.5) is 4.39 Å². The van der Waals surface area contributed by atoms with Gasteiger partial charge in [-0.1, -0.05) is 30.0 Å². The van der Waals surface area contributed by atoms with Gasteiger partial charge in [0.1, 0.15) is 5.82 Å². The van der Waals surface area contributed by atoms with E-state index in [0.29, 0.717) is 42.4 Å². The Morgan fingerprint density at radius 3 is 2.96 bits per heavy atom. The summed E-state index contributed by atoms with van der Waals surface area (Å²) in [5.74, 6) is -0.113. The first-order valence-electron chi connectivity index (χ1n) is 8.68. The van der Waals surface area contributed by atoms with Gasteiger partial charge >= 0.3 is 0 Å². The third-order valence-electron chi connectivity index (χ3n) is 4.40. The van der Waals surface area contributed by atoms with Crippen molar-refractivity contribution >= 4 is 23.6 Å². The Bertz CT molecular complexity index is 814. The maximum atomic E-state index is 13.8. The Hall–Kier alpha value is -2.49. The summed E-state index contributed by atoms with van der Waals surface area (Å²) in [5.41, 5.74) is 0.459. The minimum absolute atomic E-state index is 0.0485. The van der Waals surface area contributed by atoms with Crippen LogP contribution in [-0.2, 0) is 23.2 Å². The van der Waals surface area contributed by atoms with Gasteiger partial charge in [-0.25, -0.2) is 9.07 Å². The van der Waals surface area contributed by atoms with Crippen molar-refractivity contribution in [2.45, 2.75) is 24.5 Å². The fourth-order valence-electron chi connectivity index (χ4n) is 2.92. The van der Waals surface area contributed by atoms with Gasteiger partial charge in [-0.05, 0) is 22.9 Å². The van der Waals surface area contributed by atoms with Crippen LogP contribution in [0, 0.1) is 11.7 Å². The molecule has 2 heterocycles. The molecule has 1 fully saturated rings. The van der Waals surface area contributed by atoms with Gasteiger partial charge in [-0.15, -0.1) is 5.10 Å². The van der Waals surface area contributed by atoms with Gasteiger partial charge in [0.05, 0.1) is 5.92 Å². The van der Waals surface area contributed by atoms with E-state index in [1.54, 1.807) is 34.8 Å². The molecular weight excluding hydrogens is 371 g/mol. The van der Waals surface area contributed by atoms with E-state index in [-0.39, 0.29) is 30.1 Å². The number of aromatic nitrogens is 4. The lowest BCUT2D eigenvalue weighted by molar-refractivity contribution is -0.138. The average Bonchev–Trinajstić information content (AvgIpc) is 3.07. The van der Waals surface area contributed by atoms with E-state index in [2.05, 4.69) is 20.8 Å². The summed E-state index contributed by atoms with van der Waals surface area (Å²) in [6, 6.07) is 6.38. The summed E-state index contributed by atoms with van der Waals surface area (Å²) in [7, 11) is 1.75. The molecule has 1 aromatic heterocycles. The van der Waals surface area contributed by atoms with Gasteiger partial charge in [0.15, 0.2) is 0 Å². The average molecular weight is 392 g/mol. The number of hydrogen-bond donors (Lipinski definition) is 1. The fraction of sp³-hybridized carbons (Fsp3) is 0.471. The van der Waals surface area contributed by atoms with Crippen LogP contribution in [0.1, 0.15) is 18.4 Å². The van der Waals surface area contributed by atoms with Crippen LogP contribution in [0.5, 0.6) is 0 Å². The largest absolute Gasteiger partial charge is 0.355 e. The molecule has 27 heavy (non-hydrogen) atoms. The molecule has 1 saturated heterocycles. The molecule has 2 amide bonds. The maximum Gasteiger partial charge on any atom is 0.224 e. The molecule has 0 unspecified atom stereocenters. The SMILES string of the molecule is Cn1nnnc1SCCNC(=O)[C@H]1CCC(=O)N(Cc2ccccc2F)C1. The molecule has 8 nitrogen and oxygen atoms in total. The Morgan fingerprint density at radius 1 is 1.41 bits per heavy atom. The predicted molar refractivity (Wildman–Crippen MR) is 97.1 cm³/mol. The molecule has 0 saturated carbocycles. The number of aryl methyl sites for hydroxylation is 1. The number of hydrogen-bond acceptors (Lipinski definition) is 6. The van der Waals surface area contributed by atoms with Crippen molar-refractivity contribution in [1.82, 2.24) is 30.4 Å². The van der Waals surface area contributed by atoms with Crippen molar-refractivity contribution in [3.8, 4) is 0 Å². The number of benzene rings is 1. The molecule has 1 atom stereocenters. The van der Waals surface area contributed by atoms with E-state index in [1.807, 2.05) is 0 Å². The highest BCUT2D eigenvalue weighted by Gasteiger charge is 2.30. The molecule has 0 radical (unpaired) electrons. The summed E-state index contributed by atoms with van der Waals surface area (Å²) in [5, 5.41) is 14.7. The second kappa shape index (κ2) is 8.94. The van der Waals surface area contributed by atoms with Crippen molar-refractivity contribution < 1.29 is 14.0 Å². The molecular formula is C17H21FN6O2S. The van der Waals surface area contributed by atoms with E-state index in [0.717, 1.165) is 0 Å². The minimum Gasteiger partial charge on any atom is -0.355 e. The quantitative estimate of drug-likeness (QED) is 0.558. The Labute approximate surface area is 160 Å². The predicted octanol–water partition coefficient (Wildman–Crippen LogP) is 0.996. The summed E-state index contributed by atoms with van der Waals surface area (Å²) in [6.45, 7) is 0.970. The van der Waals surface area contributed by atoms with Crippen molar-refractivity contribution in [2.75, 3.05) is 18.8 Å². The van der Waals surface area contributed by atoms with Crippen LogP contribution in [0.2, 0.25) is 0 Å². The molecule has 2 aromatic rings. The lowest BCUT2D eigenvalue weighted by Gasteiger charge is -2.32. The fourth-order valence-corrected chi connectivity index (χ4v) is 3.62. The minimum atomic E-state index is -0.341. The highest BCUT2D eigenvalue weighted by Crippen LogP contribution is 2.21. The molecule has 1 aliphatic heterocycles. The monoisotopic (exact) mass is 392 g/mol. The number of carbonyl (C=O) groups excluding carboxylic acids is 2. The van der Waals surface area contributed by atoms with Gasteiger partial charge < -0.3 is 10.2 Å². The lowest BCUT2D eigenvalue weighted by atomic mass is 9.96. The van der Waals surface area contributed by atoms with Gasteiger partial charge in [-0.2, -0.15) is 0 Å². The normalized spacial score (nSPS) is 17.2. The summed E-state index contributed by atoms with van der Waals surface area (Å²) in [6.07, 6.45) is 0.810. The standard InChI is InChI=1S/C17H21FN6O2S/c1-23-17(20-21-22-23)27-9-8-19-16(26)13-6-7-15(25)24(11-13)10-12-4-2-3-5-14(12)18/h2-5,13H,6-11H2,1H3,(H,19,26)/t13-/m0/s1. The third-order valence-corrected chi connectivity index (χ3v) is 5.42. The molecule has 1 N–H and O–H groups in total. The number of halogens is 1. The number of piperidine rings is 1. The Morgan fingerprint density at radius 2 is 2.22 bits per heavy atom. The zero-order valence-electron chi connectivity index (χ0n) is 15.0. The first-order valence-corrected chi connectivity index (χ1v) is 9.67. The van der Waals surface area contributed by atoms with E-state index in [1.165, 1.54) is 17.8 Å². The molecule has 0 bridgehead atoms. The number of nitrogens with zero attached hydrogens (tertiary/aromatic N) is 5. The molecule has 0 aliphatic carbocycles. The van der Waals surface area contributed by atoms with Crippen molar-refractivity contribution in [1.29, 1.82) is 0 Å². The molecule has 1 aromatic carbocycles. The van der Waals surface area contributed by atoms with E-state index in [9.17, 15) is 14.0 Å². The zero-order valence-corrected chi connectivity index (χ0v) is 15.8. The molecule has 3 rings (SSSR count). The van der Waals surface area contributed by atoms with E-state index in [4.69, 9.17) is 0 Å². The van der Waals surface area contributed by atoms with Crippen LogP contribution in [0.15, 0.2) is 29.4 Å². The van der Waals surface area contributed by atoms with E-state index < -0.39 is 0 Å². The number of rotatable bonds is 7. The van der Waals surface area contributed by atoms with Crippen LogP contribution in [-0.4, -0.2) is 55.8 Å². The molecule has 144 valence electrons. The number of carbonyl (C=O) groups is 2. The summed E-state index contributed by atoms with van der Waals surface area (Å²) in [4.78, 5) is 26.1. The second-order valence-corrected chi connectivity index (χ2v) is 7.39. The number of thioether (sulfide) groups is 1. The smallest absolute Gasteiger partial charge is 0.224 e. The molecule has 1 aliphatic rings. The van der Waals surface area contributed by atoms with Crippen LogP contribution in [0.25, 0.3) is 0 Å². The van der Waals surface area contributed by atoms with Gasteiger partial charge in [0, 0.05) is 44.4 Å². The van der Waals surface area contributed by atoms with Crippen LogP contribution >= 0.6 is 11.8 Å². The van der Waals surface area contributed by atoms with Gasteiger partial charge in [-0.3, -0.25) is 9.59 Å². The number of tetrazole rings is 1. The summed E-state index contributed by atoms with van der Waals surface area (Å²) >= 11 is 1.45. The highest BCUT2D eigenvalue weighted by molar-refractivity contribution is 7.99. The second-order valence-electron chi connectivity index (χ2n) is 6.33. The van der Waals surface area contributed by atoms with Crippen molar-refractivity contribution in [3.63, 3.8) is 0 Å². The molecule has 10 heteroatoms. The third kappa shape index (κ3) is 5.03. The lowest BCUT2D eigenvalue weighted by Crippen LogP contribution is -2.45. The Balaban J connectivity index is 1.48. The number of likely N-dealkylation sites (tertiary alicyclic amines) is 1. The van der Waals surface area contributed by atoms with Crippen molar-refractivity contribution in [2.24, 2.45) is 13.0 Å². The summed E-state index contributed by atoms with van der Waals surface area (Å²) < 4.78 is 15.4. The highest BCUT2D eigenvalue weighted by atomic mass is 32.2. The number of nitrogens with one attached hydrogen (secondary N) is 1. The first kappa shape index (κ1) is 19.3. The zero-order chi connectivity index (χ0) is 19.2. The molecule has 0 spiro atoms. The van der Waals surface area contributed by atoms with Crippen LogP contribution in [0.3, 0.4) is 0 Å². The van der Waals surface area contributed by atoms with Crippen molar-refractivity contribution in [3.05, 3.63) is 35.6 Å². The topological polar surface area (TPSA) is 93.0 Å². The maximum absolute atomic E-state index is 13.8. The first-order chi connectivity index (χ1) is 13.0. The van der Waals surface area contributed by atoms with Crippen LogP contribution < -0.4 is 5.32 Å².